The maximum absolute atomic E-state index is 14.5. The fourth-order valence-electron chi connectivity index (χ4n) is 5.04. The minimum absolute atomic E-state index is 0.0387. The Balaban J connectivity index is 2.20. The van der Waals surface area contributed by atoms with Gasteiger partial charge in [-0.3, -0.25) is 9.52 Å². The Kier molecular flexibility index (Phi) is 9.50. The summed E-state index contributed by atoms with van der Waals surface area (Å²) in [5.41, 5.74) is 1.12. The third-order valence-corrected chi connectivity index (χ3v) is 7.78. The molecule has 3 rings (SSSR count). The highest BCUT2D eigenvalue weighted by atomic mass is 35.5. The van der Waals surface area contributed by atoms with Crippen LogP contribution < -0.4 is 4.72 Å². The van der Waals surface area contributed by atoms with E-state index < -0.39 is 5.41 Å². The number of amides is 1. The Morgan fingerprint density at radius 1 is 1.21 bits per heavy atom. The monoisotopic (exact) mass is 522 g/mol. The largest absolute Gasteiger partial charge is 0.330 e. The van der Waals surface area contributed by atoms with E-state index in [1.807, 2.05) is 42.2 Å². The lowest BCUT2D eigenvalue weighted by atomic mass is 9.67. The highest BCUT2D eigenvalue weighted by molar-refractivity contribution is 7.97. The van der Waals surface area contributed by atoms with E-state index in [9.17, 15) is 9.18 Å². The molecule has 7 heteroatoms. The predicted molar refractivity (Wildman–Crippen MR) is 143 cm³/mol. The second-order valence-electron chi connectivity index (χ2n) is 9.12. The molecule has 0 aliphatic carbocycles. The Morgan fingerprint density at radius 3 is 2.50 bits per heavy atom. The molecular formula is C27H33Cl2FN2OS. The Morgan fingerprint density at radius 2 is 1.91 bits per heavy atom. The maximum Gasteiger partial charge on any atom is 0.229 e. The zero-order chi connectivity index (χ0) is 24.9. The fourth-order valence-corrected chi connectivity index (χ4v) is 5.91. The zero-order valence-corrected chi connectivity index (χ0v) is 22.3. The van der Waals surface area contributed by atoms with Crippen LogP contribution in [0.15, 0.2) is 55.1 Å². The third-order valence-electron chi connectivity index (χ3n) is 6.65. The van der Waals surface area contributed by atoms with Gasteiger partial charge in [-0.05, 0) is 60.7 Å². The van der Waals surface area contributed by atoms with Gasteiger partial charge in [0.05, 0.1) is 11.5 Å². The first-order chi connectivity index (χ1) is 16.2. The van der Waals surface area contributed by atoms with Crippen LogP contribution in [-0.2, 0) is 4.79 Å². The van der Waals surface area contributed by atoms with Gasteiger partial charge >= 0.3 is 0 Å². The molecule has 1 aliphatic rings. The normalized spacial score (nSPS) is 23.7. The molecule has 184 valence electrons. The van der Waals surface area contributed by atoms with E-state index >= 15 is 0 Å². The first-order valence-electron chi connectivity index (χ1n) is 11.7. The number of piperidine rings is 1. The Hall–Kier alpha value is -1.53. The number of benzene rings is 2. The molecular weight excluding hydrogens is 490 g/mol. The van der Waals surface area contributed by atoms with Crippen molar-refractivity contribution in [3.8, 4) is 0 Å². The molecule has 0 aromatic heterocycles. The number of carbonyl (C=O) groups is 1. The number of likely N-dealkylation sites (tertiary alicyclic amines) is 1. The van der Waals surface area contributed by atoms with Crippen molar-refractivity contribution in [1.29, 1.82) is 0 Å². The molecule has 1 amide bonds. The van der Waals surface area contributed by atoms with Gasteiger partial charge in [0, 0.05) is 34.3 Å². The third kappa shape index (κ3) is 5.99. The average Bonchev–Trinajstić information content (AvgIpc) is 2.79. The summed E-state index contributed by atoms with van der Waals surface area (Å²) < 4.78 is 17.9. The van der Waals surface area contributed by atoms with Gasteiger partial charge in [0.15, 0.2) is 0 Å². The summed E-state index contributed by atoms with van der Waals surface area (Å²) in [6.45, 7) is 10.8. The second kappa shape index (κ2) is 11.9. The highest BCUT2D eigenvalue weighted by Crippen LogP contribution is 2.52. The summed E-state index contributed by atoms with van der Waals surface area (Å²) in [4.78, 5) is 16.2. The van der Waals surface area contributed by atoms with Crippen LogP contribution in [0.4, 0.5) is 4.39 Å². The number of hydrogen-bond donors (Lipinski definition) is 1. The molecule has 1 aliphatic heterocycles. The fraction of sp³-hybridized carbons (Fsp3) is 0.444. The number of rotatable bonds is 10. The second-order valence-corrected chi connectivity index (χ2v) is 11.1. The van der Waals surface area contributed by atoms with Gasteiger partial charge in [0.1, 0.15) is 5.82 Å². The first-order valence-corrected chi connectivity index (χ1v) is 13.5. The van der Waals surface area contributed by atoms with Crippen molar-refractivity contribution in [2.75, 3.05) is 12.3 Å². The smallest absolute Gasteiger partial charge is 0.229 e. The van der Waals surface area contributed by atoms with Gasteiger partial charge in [-0.2, -0.15) is 0 Å². The molecule has 2 aromatic rings. The van der Waals surface area contributed by atoms with Crippen LogP contribution in [0.5, 0.6) is 0 Å². The summed E-state index contributed by atoms with van der Waals surface area (Å²) in [5, 5.41) is 0.985. The summed E-state index contributed by atoms with van der Waals surface area (Å²) >= 11 is 14.1. The number of halogens is 3. The Labute approximate surface area is 217 Å². The summed E-state index contributed by atoms with van der Waals surface area (Å²) in [5.74, 6) is 0.509. The molecule has 2 aromatic carbocycles. The van der Waals surface area contributed by atoms with Crippen molar-refractivity contribution >= 4 is 41.1 Å². The lowest BCUT2D eigenvalue weighted by Crippen LogP contribution is -2.57. The number of nitrogens with zero attached hydrogens (tertiary/aromatic N) is 1. The van der Waals surface area contributed by atoms with Crippen molar-refractivity contribution in [2.45, 2.75) is 58.0 Å². The summed E-state index contributed by atoms with van der Waals surface area (Å²) in [7, 11) is 0. The summed E-state index contributed by atoms with van der Waals surface area (Å²) in [6.07, 6.45) is 3.70. The quantitative estimate of drug-likeness (QED) is 0.196. The number of allylic oxidation sites excluding steroid dienone is 1. The number of hydrogen-bond acceptors (Lipinski definition) is 3. The SMILES string of the molecule is C=CCC1(C)CC(c2cc(F)cc(Cl)c2)C(c2ccc(Cl)cc2)N(C(CC)CNSCC)C1=O. The minimum Gasteiger partial charge on any atom is -0.330 e. The van der Waals surface area contributed by atoms with E-state index in [1.165, 1.54) is 6.07 Å². The van der Waals surface area contributed by atoms with Crippen molar-refractivity contribution < 1.29 is 9.18 Å². The Bertz CT molecular complexity index is 982. The van der Waals surface area contributed by atoms with Crippen molar-refractivity contribution in [3.63, 3.8) is 0 Å². The van der Waals surface area contributed by atoms with Gasteiger partial charge in [-0.25, -0.2) is 4.39 Å². The van der Waals surface area contributed by atoms with E-state index in [-0.39, 0.29) is 29.7 Å². The van der Waals surface area contributed by atoms with Crippen LogP contribution in [-0.4, -0.2) is 29.1 Å². The van der Waals surface area contributed by atoms with Crippen LogP contribution in [0, 0.1) is 11.2 Å². The molecule has 0 spiro atoms. The van der Waals surface area contributed by atoms with Crippen LogP contribution in [0.1, 0.15) is 63.1 Å². The molecule has 0 saturated carbocycles. The molecule has 1 saturated heterocycles. The lowest BCUT2D eigenvalue weighted by Gasteiger charge is -2.52. The maximum atomic E-state index is 14.5. The topological polar surface area (TPSA) is 32.3 Å². The molecule has 34 heavy (non-hydrogen) atoms. The molecule has 0 bridgehead atoms. The lowest BCUT2D eigenvalue weighted by molar-refractivity contribution is -0.154. The van der Waals surface area contributed by atoms with E-state index in [2.05, 4.69) is 25.1 Å². The minimum atomic E-state index is -0.653. The van der Waals surface area contributed by atoms with Crippen molar-refractivity contribution in [2.24, 2.45) is 5.41 Å². The van der Waals surface area contributed by atoms with Crippen LogP contribution in [0.25, 0.3) is 0 Å². The molecule has 4 unspecified atom stereocenters. The number of carbonyl (C=O) groups excluding carboxylic acids is 1. The van der Waals surface area contributed by atoms with Gasteiger partial charge < -0.3 is 4.90 Å². The zero-order valence-electron chi connectivity index (χ0n) is 20.0. The van der Waals surface area contributed by atoms with E-state index in [4.69, 9.17) is 23.2 Å². The van der Waals surface area contributed by atoms with Crippen LogP contribution in [0.3, 0.4) is 0 Å². The van der Waals surface area contributed by atoms with Gasteiger partial charge in [0.25, 0.3) is 0 Å². The molecule has 0 radical (unpaired) electrons. The van der Waals surface area contributed by atoms with E-state index in [0.717, 1.165) is 23.3 Å². The van der Waals surface area contributed by atoms with Crippen molar-refractivity contribution in [3.05, 3.63) is 82.1 Å². The molecule has 1 N–H and O–H groups in total. The van der Waals surface area contributed by atoms with Crippen molar-refractivity contribution in [1.82, 2.24) is 9.62 Å². The van der Waals surface area contributed by atoms with Gasteiger partial charge in [0.2, 0.25) is 5.91 Å². The molecule has 1 fully saturated rings. The number of nitrogens with one attached hydrogen (secondary N) is 1. The van der Waals surface area contributed by atoms with Gasteiger partial charge in [-0.1, -0.05) is 74.1 Å². The predicted octanol–water partition coefficient (Wildman–Crippen LogP) is 7.81. The standard InChI is InChI=1S/C27H33Cl2FN2OS/c1-5-12-27(4)16-24(19-13-21(29)15-22(30)14-19)25(18-8-10-20(28)11-9-18)32(26(27)33)23(6-2)17-31-34-7-3/h5,8-11,13-15,23-25,31H,1,6-7,12,16-17H2,2-4H3. The summed E-state index contributed by atoms with van der Waals surface area (Å²) in [6, 6.07) is 12.0. The average molecular weight is 524 g/mol. The van der Waals surface area contributed by atoms with Gasteiger partial charge in [-0.15, -0.1) is 6.58 Å². The first kappa shape index (κ1) is 27.1. The highest BCUT2D eigenvalue weighted by Gasteiger charge is 2.50. The van der Waals surface area contributed by atoms with E-state index in [0.29, 0.717) is 29.4 Å². The molecule has 4 atom stereocenters. The van der Waals surface area contributed by atoms with E-state index in [1.54, 1.807) is 24.1 Å². The molecule has 1 heterocycles. The van der Waals surface area contributed by atoms with Crippen LogP contribution >= 0.6 is 35.1 Å². The molecule has 3 nitrogen and oxygen atoms in total. The van der Waals surface area contributed by atoms with Crippen LogP contribution in [0.2, 0.25) is 10.0 Å².